The van der Waals surface area contributed by atoms with Gasteiger partial charge in [-0.3, -0.25) is 9.36 Å². The lowest BCUT2D eigenvalue weighted by molar-refractivity contribution is 0.0707. The van der Waals surface area contributed by atoms with Crippen molar-refractivity contribution < 1.29 is 4.79 Å². The van der Waals surface area contributed by atoms with Crippen molar-refractivity contribution in [2.45, 2.75) is 25.7 Å². The van der Waals surface area contributed by atoms with E-state index in [2.05, 4.69) is 21.7 Å². The molecule has 3 heterocycles. The van der Waals surface area contributed by atoms with Gasteiger partial charge in [-0.15, -0.1) is 11.3 Å². The van der Waals surface area contributed by atoms with Crippen molar-refractivity contribution in [1.29, 1.82) is 0 Å². The van der Waals surface area contributed by atoms with Gasteiger partial charge in [0.2, 0.25) is 0 Å². The summed E-state index contributed by atoms with van der Waals surface area (Å²) in [6, 6.07) is 16.1. The highest BCUT2D eigenvalue weighted by Crippen LogP contribution is 2.29. The molecule has 1 unspecified atom stereocenters. The highest BCUT2D eigenvalue weighted by molar-refractivity contribution is 7.09. The smallest absolute Gasteiger partial charge is 0.253 e. The van der Waals surface area contributed by atoms with Crippen LogP contribution in [0.15, 0.2) is 60.1 Å². The molecule has 5 nitrogen and oxygen atoms in total. The van der Waals surface area contributed by atoms with Gasteiger partial charge in [0.15, 0.2) is 0 Å². The molecule has 1 aliphatic heterocycles. The van der Waals surface area contributed by atoms with E-state index >= 15 is 0 Å². The van der Waals surface area contributed by atoms with Gasteiger partial charge in [0.05, 0.1) is 16.0 Å². The number of carbonyl (C=O) groups excluding carboxylic acids is 1. The van der Waals surface area contributed by atoms with Gasteiger partial charge in [0.25, 0.3) is 5.91 Å². The Morgan fingerprint density at radius 1 is 1.17 bits per heavy atom. The van der Waals surface area contributed by atoms with Crippen LogP contribution in [-0.2, 0) is 0 Å². The number of likely N-dealkylation sites (tertiary alicyclic amines) is 1. The molecule has 1 amide bonds. The van der Waals surface area contributed by atoms with Crippen LogP contribution >= 0.6 is 11.3 Å². The fraction of sp³-hybridized carbons (Fsp3) is 0.261. The van der Waals surface area contributed by atoms with Crippen LogP contribution in [0.2, 0.25) is 0 Å². The van der Waals surface area contributed by atoms with Crippen molar-refractivity contribution in [3.05, 3.63) is 76.5 Å². The molecule has 146 valence electrons. The summed E-state index contributed by atoms with van der Waals surface area (Å²) >= 11 is 1.68. The first-order valence-electron chi connectivity index (χ1n) is 9.94. The number of hydrogen-bond acceptors (Lipinski definition) is 4. The second-order valence-corrected chi connectivity index (χ2v) is 8.42. The van der Waals surface area contributed by atoms with Crippen molar-refractivity contribution in [2.24, 2.45) is 0 Å². The molecular formula is C23H22N4OS. The summed E-state index contributed by atoms with van der Waals surface area (Å²) < 4.78 is 2.13. The van der Waals surface area contributed by atoms with E-state index in [4.69, 9.17) is 4.98 Å². The Labute approximate surface area is 173 Å². The second kappa shape index (κ2) is 7.44. The predicted octanol–water partition coefficient (Wildman–Crippen LogP) is 4.81. The molecule has 1 aliphatic rings. The average Bonchev–Trinajstić information content (AvgIpc) is 3.41. The number of carbonyl (C=O) groups is 1. The first-order chi connectivity index (χ1) is 14.2. The summed E-state index contributed by atoms with van der Waals surface area (Å²) in [6.07, 6.45) is 3.96. The largest absolute Gasteiger partial charge is 0.338 e. The second-order valence-electron chi connectivity index (χ2n) is 7.49. The minimum atomic E-state index is 0.0834. The van der Waals surface area contributed by atoms with E-state index in [0.29, 0.717) is 11.5 Å². The minimum Gasteiger partial charge on any atom is -0.338 e. The van der Waals surface area contributed by atoms with Gasteiger partial charge in [-0.05, 0) is 50.1 Å². The summed E-state index contributed by atoms with van der Waals surface area (Å²) in [6.45, 7) is 3.54. The Bertz CT molecular complexity index is 1150. The van der Waals surface area contributed by atoms with Gasteiger partial charge < -0.3 is 4.90 Å². The van der Waals surface area contributed by atoms with Gasteiger partial charge in [0, 0.05) is 41.8 Å². The van der Waals surface area contributed by atoms with Gasteiger partial charge in [-0.2, -0.15) is 0 Å². The first-order valence-corrected chi connectivity index (χ1v) is 10.8. The molecule has 2 aromatic heterocycles. The number of benzene rings is 2. The fourth-order valence-corrected chi connectivity index (χ4v) is 4.99. The summed E-state index contributed by atoms with van der Waals surface area (Å²) in [5.41, 5.74) is 3.65. The lowest BCUT2D eigenvalue weighted by Gasteiger charge is -2.32. The van der Waals surface area contributed by atoms with Crippen molar-refractivity contribution in [3.63, 3.8) is 0 Å². The normalized spacial score (nSPS) is 17.0. The molecule has 5 rings (SSSR count). The highest BCUT2D eigenvalue weighted by atomic mass is 32.1. The van der Waals surface area contributed by atoms with Crippen LogP contribution in [0, 0.1) is 6.92 Å². The topological polar surface area (TPSA) is 51.0 Å². The lowest BCUT2D eigenvalue weighted by atomic mass is 9.98. The monoisotopic (exact) mass is 402 g/mol. The first kappa shape index (κ1) is 18.1. The summed E-state index contributed by atoms with van der Waals surface area (Å²) in [5, 5.41) is 3.14. The number of aromatic nitrogens is 3. The number of fused-ring (bicyclic) bond motifs is 1. The average molecular weight is 403 g/mol. The standard InChI is InChI=1S/C23H22N4OS/c1-16-25-20-14-17(9-10-21(20)27(16)19-7-3-2-4-8-19)23(28)26-12-5-6-18(15-26)22-24-11-13-29-22/h2-4,7-11,13-14,18H,5-6,12,15H2,1H3. The number of imidazole rings is 1. The quantitative estimate of drug-likeness (QED) is 0.494. The number of hydrogen-bond donors (Lipinski definition) is 0. The zero-order valence-corrected chi connectivity index (χ0v) is 17.1. The predicted molar refractivity (Wildman–Crippen MR) is 116 cm³/mol. The van der Waals surface area contributed by atoms with Crippen molar-refractivity contribution in [3.8, 4) is 5.69 Å². The van der Waals surface area contributed by atoms with E-state index in [0.717, 1.165) is 53.5 Å². The molecule has 1 atom stereocenters. The molecule has 2 aromatic carbocycles. The van der Waals surface area contributed by atoms with Crippen molar-refractivity contribution in [1.82, 2.24) is 19.4 Å². The van der Waals surface area contributed by atoms with Crippen LogP contribution in [0.3, 0.4) is 0 Å². The van der Waals surface area contributed by atoms with Crippen LogP contribution in [0.5, 0.6) is 0 Å². The molecular weight excluding hydrogens is 380 g/mol. The number of amides is 1. The molecule has 0 spiro atoms. The molecule has 0 saturated carbocycles. The Hall–Kier alpha value is -2.99. The van der Waals surface area contributed by atoms with Crippen LogP contribution in [0.25, 0.3) is 16.7 Å². The molecule has 0 bridgehead atoms. The number of para-hydroxylation sites is 1. The molecule has 4 aromatic rings. The fourth-order valence-electron chi connectivity index (χ4n) is 4.22. The van der Waals surface area contributed by atoms with E-state index in [9.17, 15) is 4.79 Å². The zero-order chi connectivity index (χ0) is 19.8. The van der Waals surface area contributed by atoms with Crippen LogP contribution in [-0.4, -0.2) is 38.4 Å². The van der Waals surface area contributed by atoms with E-state index in [1.807, 2.05) is 59.8 Å². The zero-order valence-electron chi connectivity index (χ0n) is 16.3. The third-order valence-corrected chi connectivity index (χ3v) is 6.53. The minimum absolute atomic E-state index is 0.0834. The maximum atomic E-state index is 13.2. The maximum absolute atomic E-state index is 13.2. The number of rotatable bonds is 3. The molecule has 6 heteroatoms. The maximum Gasteiger partial charge on any atom is 0.253 e. The van der Waals surface area contributed by atoms with Gasteiger partial charge in [-0.1, -0.05) is 18.2 Å². The molecule has 29 heavy (non-hydrogen) atoms. The van der Waals surface area contributed by atoms with Crippen LogP contribution in [0.1, 0.15) is 39.9 Å². The van der Waals surface area contributed by atoms with Crippen molar-refractivity contribution in [2.75, 3.05) is 13.1 Å². The molecule has 1 saturated heterocycles. The van der Waals surface area contributed by atoms with Crippen LogP contribution < -0.4 is 0 Å². The third-order valence-electron chi connectivity index (χ3n) is 5.59. The third kappa shape index (κ3) is 3.34. The Morgan fingerprint density at radius 2 is 2.03 bits per heavy atom. The molecule has 1 fully saturated rings. The summed E-state index contributed by atoms with van der Waals surface area (Å²) in [4.78, 5) is 24.3. The molecule has 0 N–H and O–H groups in total. The van der Waals surface area contributed by atoms with E-state index in [-0.39, 0.29) is 5.91 Å². The van der Waals surface area contributed by atoms with E-state index in [1.165, 1.54) is 0 Å². The summed E-state index contributed by atoms with van der Waals surface area (Å²) in [5.74, 6) is 1.34. The number of piperidine rings is 1. The molecule has 0 radical (unpaired) electrons. The van der Waals surface area contributed by atoms with Crippen molar-refractivity contribution >= 4 is 28.3 Å². The van der Waals surface area contributed by atoms with E-state index in [1.54, 1.807) is 11.3 Å². The van der Waals surface area contributed by atoms with E-state index < -0.39 is 0 Å². The Morgan fingerprint density at radius 3 is 2.83 bits per heavy atom. The highest BCUT2D eigenvalue weighted by Gasteiger charge is 2.27. The molecule has 0 aliphatic carbocycles. The number of thiazole rings is 1. The Balaban J connectivity index is 1.44. The number of aryl methyl sites for hydroxylation is 1. The summed E-state index contributed by atoms with van der Waals surface area (Å²) in [7, 11) is 0. The van der Waals surface area contributed by atoms with Crippen LogP contribution in [0.4, 0.5) is 0 Å². The van der Waals surface area contributed by atoms with Gasteiger partial charge in [-0.25, -0.2) is 9.97 Å². The number of nitrogens with zero attached hydrogens (tertiary/aromatic N) is 4. The lowest BCUT2D eigenvalue weighted by Crippen LogP contribution is -2.39. The van der Waals surface area contributed by atoms with Gasteiger partial charge >= 0.3 is 0 Å². The van der Waals surface area contributed by atoms with Gasteiger partial charge in [0.1, 0.15) is 5.82 Å². The SMILES string of the molecule is Cc1nc2cc(C(=O)N3CCCC(c4nccs4)C3)ccc2n1-c1ccccc1. The Kier molecular flexibility index (Phi) is 4.64.